The van der Waals surface area contributed by atoms with Gasteiger partial charge in [-0.25, -0.2) is 0 Å². The van der Waals surface area contributed by atoms with E-state index < -0.39 is 0 Å². The molecule has 4 rings (SSSR count). The Labute approximate surface area is 155 Å². The summed E-state index contributed by atoms with van der Waals surface area (Å²) in [7, 11) is 0. The van der Waals surface area contributed by atoms with Crippen LogP contribution in [0, 0.1) is 17.3 Å². The summed E-state index contributed by atoms with van der Waals surface area (Å²) in [6, 6.07) is 8.04. The van der Waals surface area contributed by atoms with Crippen molar-refractivity contribution in [2.45, 2.75) is 32.1 Å². The molecule has 0 bridgehead atoms. The van der Waals surface area contributed by atoms with Crippen LogP contribution in [0.5, 0.6) is 0 Å². The van der Waals surface area contributed by atoms with Crippen LogP contribution < -0.4 is 5.32 Å². The van der Waals surface area contributed by atoms with E-state index in [4.69, 9.17) is 11.6 Å². The molecule has 24 heavy (non-hydrogen) atoms. The third kappa shape index (κ3) is 3.31. The first-order valence-corrected chi connectivity index (χ1v) is 9.29. The summed E-state index contributed by atoms with van der Waals surface area (Å²) in [5.41, 5.74) is 1.02. The van der Waals surface area contributed by atoms with Gasteiger partial charge < -0.3 is 10.2 Å². The SMILES string of the molecule is Cl.O=C(N1C[C@H]2CNC[C@H]2C1)C1(Cc2cccc(Cl)c2)CCCC1. The van der Waals surface area contributed by atoms with Gasteiger partial charge in [0.25, 0.3) is 0 Å². The van der Waals surface area contributed by atoms with Crippen molar-refractivity contribution in [3.8, 4) is 0 Å². The minimum atomic E-state index is -0.184. The van der Waals surface area contributed by atoms with E-state index in [1.807, 2.05) is 18.2 Å². The van der Waals surface area contributed by atoms with E-state index >= 15 is 0 Å². The van der Waals surface area contributed by atoms with Crippen LogP contribution in [0.1, 0.15) is 31.2 Å². The quantitative estimate of drug-likeness (QED) is 0.884. The van der Waals surface area contributed by atoms with Crippen LogP contribution in [0.3, 0.4) is 0 Å². The zero-order chi connectivity index (χ0) is 15.9. The van der Waals surface area contributed by atoms with Crippen molar-refractivity contribution >= 4 is 29.9 Å². The molecule has 2 aliphatic heterocycles. The Morgan fingerprint density at radius 2 is 1.88 bits per heavy atom. The molecule has 2 atom stereocenters. The maximum atomic E-state index is 13.4. The topological polar surface area (TPSA) is 32.3 Å². The summed E-state index contributed by atoms with van der Waals surface area (Å²) in [6.45, 7) is 4.06. The van der Waals surface area contributed by atoms with Crippen molar-refractivity contribution in [1.82, 2.24) is 10.2 Å². The number of hydrogen-bond acceptors (Lipinski definition) is 2. The summed E-state index contributed by atoms with van der Waals surface area (Å²) in [4.78, 5) is 15.5. The number of carbonyl (C=O) groups is 1. The van der Waals surface area contributed by atoms with E-state index in [1.54, 1.807) is 0 Å². The molecular formula is C19H26Cl2N2O. The molecule has 1 aliphatic carbocycles. The molecule has 132 valence electrons. The number of rotatable bonds is 3. The number of amides is 1. The normalized spacial score (nSPS) is 27.8. The second-order valence-electron chi connectivity index (χ2n) is 7.68. The molecule has 2 saturated heterocycles. The molecule has 3 nitrogen and oxygen atoms in total. The lowest BCUT2D eigenvalue weighted by Crippen LogP contribution is -2.44. The van der Waals surface area contributed by atoms with Gasteiger partial charge in [-0.1, -0.05) is 36.6 Å². The second-order valence-corrected chi connectivity index (χ2v) is 8.12. The van der Waals surface area contributed by atoms with Gasteiger partial charge >= 0.3 is 0 Å². The fraction of sp³-hybridized carbons (Fsp3) is 0.632. The monoisotopic (exact) mass is 368 g/mol. The van der Waals surface area contributed by atoms with Crippen LogP contribution >= 0.6 is 24.0 Å². The molecule has 0 unspecified atom stereocenters. The Morgan fingerprint density at radius 3 is 2.50 bits per heavy atom. The lowest BCUT2D eigenvalue weighted by atomic mass is 9.78. The highest BCUT2D eigenvalue weighted by atomic mass is 35.5. The Hall–Kier alpha value is -0.770. The first kappa shape index (κ1) is 18.0. The molecular weight excluding hydrogens is 343 g/mol. The summed E-state index contributed by atoms with van der Waals surface area (Å²) in [5.74, 6) is 1.75. The van der Waals surface area contributed by atoms with Gasteiger partial charge in [0, 0.05) is 31.2 Å². The Kier molecular flexibility index (Phi) is 5.43. The molecule has 0 spiro atoms. The molecule has 0 aromatic heterocycles. The van der Waals surface area contributed by atoms with Gasteiger partial charge in [0.05, 0.1) is 5.41 Å². The predicted molar refractivity (Wildman–Crippen MR) is 99.7 cm³/mol. The highest BCUT2D eigenvalue weighted by Gasteiger charge is 2.47. The van der Waals surface area contributed by atoms with Crippen LogP contribution in [-0.2, 0) is 11.2 Å². The molecule has 0 radical (unpaired) electrons. The Morgan fingerprint density at radius 1 is 1.21 bits per heavy atom. The summed E-state index contributed by atoms with van der Waals surface area (Å²) in [6.07, 6.45) is 5.25. The Bertz CT molecular complexity index is 589. The van der Waals surface area contributed by atoms with E-state index in [0.717, 1.165) is 50.5 Å². The van der Waals surface area contributed by atoms with Gasteiger partial charge in [0.15, 0.2) is 0 Å². The third-order valence-electron chi connectivity index (χ3n) is 6.12. The van der Waals surface area contributed by atoms with Crippen LogP contribution in [0.2, 0.25) is 5.02 Å². The van der Waals surface area contributed by atoms with Gasteiger partial charge in [-0.3, -0.25) is 4.79 Å². The number of likely N-dealkylation sites (tertiary alicyclic amines) is 1. The van der Waals surface area contributed by atoms with E-state index in [9.17, 15) is 4.79 Å². The van der Waals surface area contributed by atoms with Crippen molar-refractivity contribution < 1.29 is 4.79 Å². The lowest BCUT2D eigenvalue weighted by Gasteiger charge is -2.33. The number of benzene rings is 1. The summed E-state index contributed by atoms with van der Waals surface area (Å²) < 4.78 is 0. The van der Waals surface area contributed by atoms with E-state index in [1.165, 1.54) is 18.4 Å². The fourth-order valence-electron chi connectivity index (χ4n) is 4.91. The minimum absolute atomic E-state index is 0. The number of fused-ring (bicyclic) bond motifs is 1. The molecule has 3 aliphatic rings. The smallest absolute Gasteiger partial charge is 0.229 e. The van der Waals surface area contributed by atoms with E-state index in [0.29, 0.717) is 17.7 Å². The molecule has 1 amide bonds. The van der Waals surface area contributed by atoms with Gasteiger partial charge in [-0.05, 0) is 48.8 Å². The number of halogens is 2. The van der Waals surface area contributed by atoms with Gasteiger partial charge in [0.1, 0.15) is 0 Å². The van der Waals surface area contributed by atoms with Crippen LogP contribution in [-0.4, -0.2) is 37.0 Å². The van der Waals surface area contributed by atoms with Crippen LogP contribution in [0.15, 0.2) is 24.3 Å². The number of hydrogen-bond donors (Lipinski definition) is 1. The van der Waals surface area contributed by atoms with Crippen molar-refractivity contribution in [2.24, 2.45) is 17.3 Å². The largest absolute Gasteiger partial charge is 0.342 e. The molecule has 2 heterocycles. The Balaban J connectivity index is 0.00000169. The zero-order valence-corrected chi connectivity index (χ0v) is 15.5. The fourth-order valence-corrected chi connectivity index (χ4v) is 5.13. The van der Waals surface area contributed by atoms with Gasteiger partial charge in [-0.15, -0.1) is 12.4 Å². The van der Waals surface area contributed by atoms with Gasteiger partial charge in [-0.2, -0.15) is 0 Å². The summed E-state index contributed by atoms with van der Waals surface area (Å²) in [5, 5.41) is 4.22. The third-order valence-corrected chi connectivity index (χ3v) is 6.36. The highest BCUT2D eigenvalue weighted by Crippen LogP contribution is 2.44. The van der Waals surface area contributed by atoms with Crippen molar-refractivity contribution in [3.05, 3.63) is 34.9 Å². The van der Waals surface area contributed by atoms with Crippen molar-refractivity contribution in [3.63, 3.8) is 0 Å². The zero-order valence-electron chi connectivity index (χ0n) is 14.0. The maximum Gasteiger partial charge on any atom is 0.229 e. The number of carbonyl (C=O) groups excluding carboxylic acids is 1. The maximum absolute atomic E-state index is 13.4. The van der Waals surface area contributed by atoms with Crippen molar-refractivity contribution in [1.29, 1.82) is 0 Å². The first-order chi connectivity index (χ1) is 11.2. The first-order valence-electron chi connectivity index (χ1n) is 8.91. The van der Waals surface area contributed by atoms with E-state index in [2.05, 4.69) is 16.3 Å². The number of nitrogens with zero attached hydrogens (tertiary/aromatic N) is 1. The van der Waals surface area contributed by atoms with Crippen LogP contribution in [0.25, 0.3) is 0 Å². The molecule has 3 fully saturated rings. The average molecular weight is 369 g/mol. The lowest BCUT2D eigenvalue weighted by molar-refractivity contribution is -0.141. The average Bonchev–Trinajstić information content (AvgIpc) is 3.22. The molecule has 1 aromatic carbocycles. The van der Waals surface area contributed by atoms with E-state index in [-0.39, 0.29) is 17.8 Å². The molecule has 1 aromatic rings. The van der Waals surface area contributed by atoms with Crippen molar-refractivity contribution in [2.75, 3.05) is 26.2 Å². The summed E-state index contributed by atoms with van der Waals surface area (Å²) >= 11 is 6.14. The number of nitrogens with one attached hydrogen (secondary N) is 1. The van der Waals surface area contributed by atoms with Crippen LogP contribution in [0.4, 0.5) is 0 Å². The predicted octanol–water partition coefficient (Wildman–Crippen LogP) is 3.54. The standard InChI is InChI=1S/C19H25ClN2O.ClH/c20-17-5-3-4-14(8-17)9-19(6-1-2-7-19)18(23)22-12-15-10-21-11-16(15)13-22;/h3-5,8,15-16,21H,1-2,6-7,9-13H2;1H/t15-,16+;. The molecule has 5 heteroatoms. The highest BCUT2D eigenvalue weighted by molar-refractivity contribution is 6.30. The molecule has 1 N–H and O–H groups in total. The minimum Gasteiger partial charge on any atom is -0.342 e. The second kappa shape index (κ2) is 7.23. The molecule has 1 saturated carbocycles. The van der Waals surface area contributed by atoms with Gasteiger partial charge in [0.2, 0.25) is 5.91 Å².